The second-order valence-electron chi connectivity index (χ2n) is 9.93. The second-order valence-corrected chi connectivity index (χ2v) is 11.8. The number of aliphatic hydroxyl groups excluding tert-OH is 1. The number of benzene rings is 2. The van der Waals surface area contributed by atoms with Crippen molar-refractivity contribution in [3.63, 3.8) is 0 Å². The van der Waals surface area contributed by atoms with E-state index in [-0.39, 0.29) is 55.4 Å². The van der Waals surface area contributed by atoms with E-state index in [1.807, 2.05) is 12.1 Å². The number of fused-ring (bicyclic) bond motifs is 1. The first-order chi connectivity index (χ1) is 18.6. The second kappa shape index (κ2) is 11.8. The van der Waals surface area contributed by atoms with Crippen LogP contribution in [-0.4, -0.2) is 70.4 Å². The van der Waals surface area contributed by atoms with Crippen LogP contribution in [0.15, 0.2) is 47.4 Å². The fourth-order valence-electron chi connectivity index (χ4n) is 4.11. The number of sulfonamides is 1. The van der Waals surface area contributed by atoms with Crippen LogP contribution >= 0.6 is 0 Å². The number of rotatable bonds is 12. The predicted octanol–water partition coefficient (Wildman–Crippen LogP) is 3.30. The third-order valence-corrected chi connectivity index (χ3v) is 7.89. The molecule has 2 heterocycles. The molecular formula is C27H35N3O8S. The SMILES string of the molecule is COCCOCN(c1c(-c2ccc3c(c2)OCO3)c(OCCO)nn1C)S(=O)(=O)c1ccc(C(C)(C)C)cc1. The van der Waals surface area contributed by atoms with E-state index in [0.29, 0.717) is 29.2 Å². The first kappa shape index (κ1) is 28.7. The van der Waals surface area contributed by atoms with E-state index in [0.717, 1.165) is 9.87 Å². The van der Waals surface area contributed by atoms with Gasteiger partial charge in [0.05, 0.1) is 30.3 Å². The molecule has 0 atom stereocenters. The topological polar surface area (TPSA) is 122 Å². The van der Waals surface area contributed by atoms with Crippen molar-refractivity contribution in [1.82, 2.24) is 9.78 Å². The molecule has 0 spiro atoms. The normalized spacial score (nSPS) is 13.1. The molecular weight excluding hydrogens is 526 g/mol. The summed E-state index contributed by atoms with van der Waals surface area (Å²) in [6.45, 7) is 6.17. The Morgan fingerprint density at radius 3 is 2.44 bits per heavy atom. The summed E-state index contributed by atoms with van der Waals surface area (Å²) in [4.78, 5) is 0.0986. The molecule has 11 nitrogen and oxygen atoms in total. The third kappa shape index (κ3) is 6.14. The first-order valence-electron chi connectivity index (χ1n) is 12.5. The fraction of sp³-hybridized carbons (Fsp3) is 0.444. The Bertz CT molecular complexity index is 1380. The molecule has 0 bridgehead atoms. The van der Waals surface area contributed by atoms with Crippen LogP contribution in [0.5, 0.6) is 17.4 Å². The molecule has 1 aromatic heterocycles. The van der Waals surface area contributed by atoms with E-state index in [4.69, 9.17) is 23.7 Å². The first-order valence-corrected chi connectivity index (χ1v) is 13.9. The highest BCUT2D eigenvalue weighted by molar-refractivity contribution is 7.92. The lowest BCUT2D eigenvalue weighted by atomic mass is 9.87. The van der Waals surface area contributed by atoms with Gasteiger partial charge >= 0.3 is 0 Å². The lowest BCUT2D eigenvalue weighted by Crippen LogP contribution is -2.35. The van der Waals surface area contributed by atoms with Crippen LogP contribution in [0.1, 0.15) is 26.3 Å². The molecule has 0 aliphatic carbocycles. The molecule has 4 rings (SSSR count). The van der Waals surface area contributed by atoms with Gasteiger partial charge < -0.3 is 28.8 Å². The Hall–Kier alpha value is -3.32. The van der Waals surface area contributed by atoms with Crippen molar-refractivity contribution in [3.05, 3.63) is 48.0 Å². The van der Waals surface area contributed by atoms with Crippen molar-refractivity contribution in [3.8, 4) is 28.5 Å². The minimum Gasteiger partial charge on any atom is -0.474 e. The highest BCUT2D eigenvalue weighted by Crippen LogP contribution is 2.44. The maximum absolute atomic E-state index is 14.2. The van der Waals surface area contributed by atoms with Gasteiger partial charge in [0.1, 0.15) is 13.3 Å². The summed E-state index contributed by atoms with van der Waals surface area (Å²) in [5, 5.41) is 13.9. The molecule has 1 aliphatic rings. The van der Waals surface area contributed by atoms with Gasteiger partial charge in [0.2, 0.25) is 12.7 Å². The van der Waals surface area contributed by atoms with Crippen LogP contribution in [0.4, 0.5) is 5.82 Å². The van der Waals surface area contributed by atoms with E-state index in [2.05, 4.69) is 25.9 Å². The minimum atomic E-state index is -4.13. The van der Waals surface area contributed by atoms with E-state index < -0.39 is 10.0 Å². The standard InChI is InChI=1S/C27H35N3O8S/c1-27(2,3)20-7-9-21(10-8-20)39(32,33)30(17-35-15-14-34-5)26-24(25(28-29(26)4)36-13-12-31)19-6-11-22-23(16-19)38-18-37-22/h6-11,16,31H,12-15,17-18H2,1-5H3. The molecule has 0 unspecified atom stereocenters. The average molecular weight is 562 g/mol. The maximum Gasteiger partial charge on any atom is 0.267 e. The zero-order chi connectivity index (χ0) is 28.2. The molecule has 0 radical (unpaired) electrons. The van der Waals surface area contributed by atoms with E-state index in [9.17, 15) is 13.5 Å². The van der Waals surface area contributed by atoms with Gasteiger partial charge in [-0.25, -0.2) is 17.4 Å². The molecule has 1 aliphatic heterocycles. The van der Waals surface area contributed by atoms with Crippen molar-refractivity contribution in [2.45, 2.75) is 31.1 Å². The van der Waals surface area contributed by atoms with Gasteiger partial charge in [-0.05, 0) is 40.8 Å². The number of aromatic nitrogens is 2. The Labute approximate surface area is 228 Å². The molecule has 0 saturated heterocycles. The van der Waals surface area contributed by atoms with Crippen molar-refractivity contribution in [2.75, 3.05) is 51.4 Å². The molecule has 0 fully saturated rings. The van der Waals surface area contributed by atoms with Crippen LogP contribution < -0.4 is 18.5 Å². The number of hydrogen-bond acceptors (Lipinski definition) is 9. The van der Waals surface area contributed by atoms with Crippen LogP contribution in [0.2, 0.25) is 0 Å². The van der Waals surface area contributed by atoms with E-state index >= 15 is 0 Å². The molecule has 0 amide bonds. The Balaban J connectivity index is 1.86. The number of anilines is 1. The zero-order valence-electron chi connectivity index (χ0n) is 22.8. The van der Waals surface area contributed by atoms with Crippen LogP contribution in [0, 0.1) is 0 Å². The summed E-state index contributed by atoms with van der Waals surface area (Å²) >= 11 is 0. The van der Waals surface area contributed by atoms with Crippen LogP contribution in [0.3, 0.4) is 0 Å². The Kier molecular flexibility index (Phi) is 8.70. The molecule has 2 aromatic carbocycles. The van der Waals surface area contributed by atoms with E-state index in [1.165, 1.54) is 11.8 Å². The van der Waals surface area contributed by atoms with Gasteiger partial charge in [0, 0.05) is 14.2 Å². The summed E-state index contributed by atoms with van der Waals surface area (Å²) in [7, 11) is -0.966. The smallest absolute Gasteiger partial charge is 0.267 e. The van der Waals surface area contributed by atoms with Gasteiger partial charge in [-0.2, -0.15) is 0 Å². The number of hydrogen-bond donors (Lipinski definition) is 1. The lowest BCUT2D eigenvalue weighted by molar-refractivity contribution is 0.0753. The van der Waals surface area contributed by atoms with E-state index in [1.54, 1.807) is 37.4 Å². The van der Waals surface area contributed by atoms with Crippen molar-refractivity contribution >= 4 is 15.8 Å². The predicted molar refractivity (Wildman–Crippen MR) is 145 cm³/mol. The van der Waals surface area contributed by atoms with Gasteiger partial charge in [-0.3, -0.25) is 0 Å². The molecule has 12 heteroatoms. The summed E-state index contributed by atoms with van der Waals surface area (Å²) in [5.41, 5.74) is 1.86. The number of nitrogens with zero attached hydrogens (tertiary/aromatic N) is 3. The number of methoxy groups -OCH3 is 1. The van der Waals surface area contributed by atoms with Crippen molar-refractivity contribution < 1.29 is 37.2 Å². The molecule has 212 valence electrons. The summed E-state index contributed by atoms with van der Waals surface area (Å²) < 4.78 is 58.5. The average Bonchev–Trinajstić information content (AvgIpc) is 3.50. The number of ether oxygens (including phenoxy) is 5. The summed E-state index contributed by atoms with van der Waals surface area (Å²) in [6, 6.07) is 12.1. The fourth-order valence-corrected chi connectivity index (χ4v) is 5.50. The molecule has 39 heavy (non-hydrogen) atoms. The minimum absolute atomic E-state index is 0.0284. The Morgan fingerprint density at radius 1 is 1.05 bits per heavy atom. The largest absolute Gasteiger partial charge is 0.474 e. The lowest BCUT2D eigenvalue weighted by Gasteiger charge is -2.26. The summed E-state index contributed by atoms with van der Waals surface area (Å²) in [5.74, 6) is 1.46. The quantitative estimate of drug-likeness (QED) is 0.262. The number of aryl methyl sites for hydroxylation is 1. The van der Waals surface area contributed by atoms with Crippen molar-refractivity contribution in [2.24, 2.45) is 7.05 Å². The van der Waals surface area contributed by atoms with Gasteiger partial charge in [-0.1, -0.05) is 39.0 Å². The third-order valence-electron chi connectivity index (χ3n) is 6.16. The molecule has 0 saturated carbocycles. The molecule has 1 N–H and O–H groups in total. The Morgan fingerprint density at radius 2 is 1.77 bits per heavy atom. The van der Waals surface area contributed by atoms with Gasteiger partial charge in [-0.15, -0.1) is 5.10 Å². The summed E-state index contributed by atoms with van der Waals surface area (Å²) in [6.07, 6.45) is 0. The zero-order valence-corrected chi connectivity index (χ0v) is 23.7. The van der Waals surface area contributed by atoms with Gasteiger partial charge in [0.15, 0.2) is 17.3 Å². The highest BCUT2D eigenvalue weighted by Gasteiger charge is 2.34. The van der Waals surface area contributed by atoms with Crippen molar-refractivity contribution in [1.29, 1.82) is 0 Å². The van der Waals surface area contributed by atoms with Crippen LogP contribution in [-0.2, 0) is 32.0 Å². The highest BCUT2D eigenvalue weighted by atomic mass is 32.2. The van der Waals surface area contributed by atoms with Crippen LogP contribution in [0.25, 0.3) is 11.1 Å². The maximum atomic E-state index is 14.2. The number of aliphatic hydroxyl groups is 1. The molecule has 3 aromatic rings. The monoisotopic (exact) mass is 561 g/mol. The van der Waals surface area contributed by atoms with Gasteiger partial charge in [0.25, 0.3) is 10.0 Å².